The van der Waals surface area contributed by atoms with E-state index in [0.717, 1.165) is 44.9 Å². The summed E-state index contributed by atoms with van der Waals surface area (Å²) in [5.41, 5.74) is 0.532. The van der Waals surface area contributed by atoms with Gasteiger partial charge in [-0.25, -0.2) is 4.39 Å². The van der Waals surface area contributed by atoms with Crippen molar-refractivity contribution in [1.82, 2.24) is 30.4 Å². The summed E-state index contributed by atoms with van der Waals surface area (Å²) in [6, 6.07) is 8.36. The lowest BCUT2D eigenvalue weighted by Gasteiger charge is -2.34. The lowest BCUT2D eigenvalue weighted by molar-refractivity contribution is -0.143. The van der Waals surface area contributed by atoms with Crippen LogP contribution in [-0.2, 0) is 20.9 Å². The van der Waals surface area contributed by atoms with Crippen molar-refractivity contribution in [1.29, 1.82) is 0 Å². The van der Waals surface area contributed by atoms with Gasteiger partial charge in [0.25, 0.3) is 0 Å². The summed E-state index contributed by atoms with van der Waals surface area (Å²) < 4.78 is 25.2. The van der Waals surface area contributed by atoms with Gasteiger partial charge in [-0.1, -0.05) is 31.4 Å². The van der Waals surface area contributed by atoms with Gasteiger partial charge in [-0.3, -0.25) is 9.59 Å². The van der Waals surface area contributed by atoms with Crippen molar-refractivity contribution in [2.45, 2.75) is 76.6 Å². The van der Waals surface area contributed by atoms with Crippen LogP contribution < -0.4 is 5.32 Å². The molecule has 2 atom stereocenters. The van der Waals surface area contributed by atoms with Gasteiger partial charge in [0.15, 0.2) is 5.76 Å². The lowest BCUT2D eigenvalue weighted by atomic mass is 9.94. The summed E-state index contributed by atoms with van der Waals surface area (Å²) in [4.78, 5) is 30.3. The molecule has 0 bridgehead atoms. The van der Waals surface area contributed by atoms with Crippen LogP contribution in [0, 0.1) is 12.7 Å². The highest BCUT2D eigenvalue weighted by molar-refractivity contribution is 5.89. The normalized spacial score (nSPS) is 18.8. The van der Waals surface area contributed by atoms with Crippen molar-refractivity contribution in [2.75, 3.05) is 13.2 Å². The van der Waals surface area contributed by atoms with Crippen molar-refractivity contribution in [3.05, 3.63) is 53.5 Å². The molecule has 1 N–H and O–H groups in total. The van der Waals surface area contributed by atoms with Crippen LogP contribution in [0.4, 0.5) is 4.39 Å². The first-order valence-corrected chi connectivity index (χ1v) is 13.3. The molecule has 3 aromatic rings. The maximum Gasteiger partial charge on any atom is 0.247 e. The first kappa shape index (κ1) is 26.0. The number of carbonyl (C=O) groups excluding carboxylic acids is 2. The predicted octanol–water partition coefficient (Wildman–Crippen LogP) is 3.58. The van der Waals surface area contributed by atoms with Gasteiger partial charge >= 0.3 is 0 Å². The largest absolute Gasteiger partial charge is 0.458 e. The van der Waals surface area contributed by atoms with Crippen LogP contribution in [0.3, 0.4) is 0 Å². The minimum atomic E-state index is -0.954. The van der Waals surface area contributed by atoms with Gasteiger partial charge in [0, 0.05) is 19.2 Å². The van der Waals surface area contributed by atoms with Gasteiger partial charge in [0.2, 0.25) is 17.6 Å². The quantitative estimate of drug-likeness (QED) is 0.455. The SMILES string of the molecule is Cc1ccc(-c2nnn(CC(=O)N(C[C@H]3CCCO3)[C@H](C(=O)NC3CCCCC3)c3ccc(F)cc3)n2)o1. The molecule has 0 spiro atoms. The Labute approximate surface area is 220 Å². The maximum atomic E-state index is 13.8. The molecule has 1 aromatic carbocycles. The van der Waals surface area contributed by atoms with Crippen molar-refractivity contribution in [2.24, 2.45) is 0 Å². The van der Waals surface area contributed by atoms with Crippen LogP contribution in [0.1, 0.15) is 62.3 Å². The molecule has 2 aromatic heterocycles. The average Bonchev–Trinajstić information content (AvgIpc) is 3.68. The van der Waals surface area contributed by atoms with Gasteiger partial charge in [0.05, 0.1) is 6.10 Å². The Morgan fingerprint density at radius 1 is 1.11 bits per heavy atom. The summed E-state index contributed by atoms with van der Waals surface area (Å²) >= 11 is 0. The number of nitrogens with one attached hydrogen (secondary N) is 1. The highest BCUT2D eigenvalue weighted by Crippen LogP contribution is 2.27. The zero-order valence-corrected chi connectivity index (χ0v) is 21.5. The Morgan fingerprint density at radius 2 is 1.89 bits per heavy atom. The van der Waals surface area contributed by atoms with Crippen LogP contribution in [0.2, 0.25) is 0 Å². The molecule has 1 aliphatic heterocycles. The van der Waals surface area contributed by atoms with Gasteiger partial charge < -0.3 is 19.4 Å². The molecule has 2 aliphatic rings. The standard InChI is InChI=1S/C27H33FN6O4/c1-18-9-14-23(38-18)26-30-32-34(31-26)17-24(35)33(16-22-8-5-15-37-22)25(19-10-12-20(28)13-11-19)27(36)29-21-6-3-2-4-7-21/h9-14,21-22,25H,2-8,15-17H2,1H3,(H,29,36)/t22-,25+/m1/s1. The average molecular weight is 525 g/mol. The number of ether oxygens (including phenoxy) is 1. The minimum absolute atomic E-state index is 0.0511. The fourth-order valence-corrected chi connectivity index (χ4v) is 5.18. The van der Waals surface area contributed by atoms with E-state index in [1.54, 1.807) is 24.3 Å². The van der Waals surface area contributed by atoms with Crippen molar-refractivity contribution >= 4 is 11.8 Å². The fraction of sp³-hybridized carbons (Fsp3) is 0.519. The third-order valence-electron chi connectivity index (χ3n) is 7.13. The van der Waals surface area contributed by atoms with Gasteiger partial charge in [-0.15, -0.1) is 10.2 Å². The van der Waals surface area contributed by atoms with Crippen molar-refractivity contribution in [3.8, 4) is 11.6 Å². The van der Waals surface area contributed by atoms with E-state index in [2.05, 4.69) is 20.7 Å². The van der Waals surface area contributed by atoms with E-state index in [4.69, 9.17) is 9.15 Å². The molecule has 1 saturated heterocycles. The molecule has 5 rings (SSSR count). The Bertz CT molecular complexity index is 1230. The Balaban J connectivity index is 1.42. The maximum absolute atomic E-state index is 13.8. The number of aryl methyl sites for hydroxylation is 1. The number of carbonyl (C=O) groups is 2. The van der Waals surface area contributed by atoms with E-state index in [1.807, 2.05) is 6.92 Å². The van der Waals surface area contributed by atoms with E-state index in [-0.39, 0.29) is 42.9 Å². The van der Waals surface area contributed by atoms with E-state index < -0.39 is 11.9 Å². The number of nitrogens with zero attached hydrogens (tertiary/aromatic N) is 5. The summed E-state index contributed by atoms with van der Waals surface area (Å²) in [7, 11) is 0. The number of aromatic nitrogens is 4. The first-order valence-electron chi connectivity index (χ1n) is 13.3. The second-order valence-corrected chi connectivity index (χ2v) is 10.0. The summed E-state index contributed by atoms with van der Waals surface area (Å²) in [6.07, 6.45) is 6.54. The number of hydrogen-bond donors (Lipinski definition) is 1. The van der Waals surface area contributed by atoms with E-state index in [0.29, 0.717) is 23.7 Å². The van der Waals surface area contributed by atoms with Crippen LogP contribution in [0.25, 0.3) is 11.6 Å². The monoisotopic (exact) mass is 524 g/mol. The number of rotatable bonds is 9. The van der Waals surface area contributed by atoms with Crippen LogP contribution in [-0.4, -0.2) is 62.2 Å². The molecular formula is C27H33FN6O4. The van der Waals surface area contributed by atoms with Gasteiger partial charge in [-0.05, 0) is 67.6 Å². The number of hydrogen-bond acceptors (Lipinski definition) is 7. The molecule has 2 fully saturated rings. The predicted molar refractivity (Wildman–Crippen MR) is 135 cm³/mol. The number of furan rings is 1. The zero-order chi connectivity index (χ0) is 26.5. The summed E-state index contributed by atoms with van der Waals surface area (Å²) in [5, 5.41) is 15.5. The summed E-state index contributed by atoms with van der Waals surface area (Å²) in [5.74, 6) is 0.363. The first-order chi connectivity index (χ1) is 18.5. The molecule has 0 radical (unpaired) electrons. The van der Waals surface area contributed by atoms with Crippen LogP contribution in [0.5, 0.6) is 0 Å². The lowest BCUT2D eigenvalue weighted by Crippen LogP contribution is -2.50. The van der Waals surface area contributed by atoms with E-state index >= 15 is 0 Å². The smallest absolute Gasteiger partial charge is 0.247 e. The fourth-order valence-electron chi connectivity index (χ4n) is 5.18. The Kier molecular flexibility index (Phi) is 8.11. The second kappa shape index (κ2) is 11.8. The Morgan fingerprint density at radius 3 is 2.58 bits per heavy atom. The molecule has 3 heterocycles. The molecular weight excluding hydrogens is 491 g/mol. The molecule has 10 nitrogen and oxygen atoms in total. The third kappa shape index (κ3) is 6.27. The number of benzene rings is 1. The van der Waals surface area contributed by atoms with Crippen molar-refractivity contribution < 1.29 is 23.1 Å². The molecule has 2 amide bonds. The van der Waals surface area contributed by atoms with Crippen LogP contribution in [0.15, 0.2) is 40.8 Å². The third-order valence-corrected chi connectivity index (χ3v) is 7.13. The molecule has 38 heavy (non-hydrogen) atoms. The van der Waals surface area contributed by atoms with Gasteiger partial charge in [0.1, 0.15) is 24.2 Å². The second-order valence-electron chi connectivity index (χ2n) is 10.0. The highest BCUT2D eigenvalue weighted by atomic mass is 19.1. The van der Waals surface area contributed by atoms with Crippen LogP contribution >= 0.6 is 0 Å². The molecule has 1 aliphatic carbocycles. The minimum Gasteiger partial charge on any atom is -0.458 e. The summed E-state index contributed by atoms with van der Waals surface area (Å²) in [6.45, 7) is 2.42. The molecule has 0 unspecified atom stereocenters. The van der Waals surface area contributed by atoms with Crippen molar-refractivity contribution in [3.63, 3.8) is 0 Å². The molecule has 202 valence electrons. The van der Waals surface area contributed by atoms with Gasteiger partial charge in [-0.2, -0.15) is 4.80 Å². The van der Waals surface area contributed by atoms with E-state index in [1.165, 1.54) is 21.8 Å². The topological polar surface area (TPSA) is 115 Å². The van der Waals surface area contributed by atoms with E-state index in [9.17, 15) is 14.0 Å². The molecule has 1 saturated carbocycles. The Hall–Kier alpha value is -3.60. The molecule has 11 heteroatoms. The number of tetrazole rings is 1. The number of amides is 2. The zero-order valence-electron chi connectivity index (χ0n) is 21.5. The number of halogens is 1. The highest BCUT2D eigenvalue weighted by Gasteiger charge is 2.35.